The van der Waals surface area contributed by atoms with Crippen LogP contribution in [0.5, 0.6) is 5.75 Å². The number of methoxy groups -OCH3 is 1. The summed E-state index contributed by atoms with van der Waals surface area (Å²) >= 11 is 6.02. The van der Waals surface area contributed by atoms with Gasteiger partial charge in [0.1, 0.15) is 17.6 Å². The summed E-state index contributed by atoms with van der Waals surface area (Å²) in [4.78, 5) is 25.5. The third kappa shape index (κ3) is 4.01. The van der Waals surface area contributed by atoms with Crippen molar-refractivity contribution in [3.8, 4) is 16.9 Å². The summed E-state index contributed by atoms with van der Waals surface area (Å²) in [5.41, 5.74) is 4.18. The zero-order valence-corrected chi connectivity index (χ0v) is 18.3. The highest BCUT2D eigenvalue weighted by atomic mass is 35.5. The van der Waals surface area contributed by atoms with Crippen LogP contribution in [0.15, 0.2) is 42.5 Å². The zero-order chi connectivity index (χ0) is 22.1. The predicted octanol–water partition coefficient (Wildman–Crippen LogP) is 4.60. The first-order valence-corrected chi connectivity index (χ1v) is 10.4. The maximum atomic E-state index is 12.8. The van der Waals surface area contributed by atoms with Gasteiger partial charge in [-0.25, -0.2) is 4.68 Å². The number of nitrogens with zero attached hydrogens (tertiary/aromatic N) is 2. The van der Waals surface area contributed by atoms with Gasteiger partial charge in [-0.3, -0.25) is 9.59 Å². The molecule has 4 rings (SSSR count). The molecule has 1 aliphatic rings. The number of amides is 2. The molecule has 2 amide bonds. The molecule has 0 saturated carbocycles. The highest BCUT2D eigenvalue weighted by Gasteiger charge is 2.36. The van der Waals surface area contributed by atoms with Gasteiger partial charge in [0.2, 0.25) is 5.91 Å². The van der Waals surface area contributed by atoms with E-state index in [-0.39, 0.29) is 18.2 Å². The Balaban J connectivity index is 1.61. The largest absolute Gasteiger partial charge is 0.495 e. The second-order valence-corrected chi connectivity index (χ2v) is 7.87. The van der Waals surface area contributed by atoms with Gasteiger partial charge in [0.15, 0.2) is 0 Å². The number of benzene rings is 2. The molecule has 2 N–H and O–H groups in total. The number of carbonyl (C=O) groups is 2. The molecule has 0 spiro atoms. The van der Waals surface area contributed by atoms with Crippen molar-refractivity contribution in [2.75, 3.05) is 17.7 Å². The molecule has 8 heteroatoms. The molecule has 2 aromatic carbocycles. The van der Waals surface area contributed by atoms with E-state index >= 15 is 0 Å². The normalized spacial score (nSPS) is 14.8. The maximum Gasteiger partial charge on any atom is 0.251 e. The number of nitrogens with one attached hydrogen (secondary N) is 2. The number of hydrogen-bond donors (Lipinski definition) is 2. The second-order valence-electron chi connectivity index (χ2n) is 7.44. The van der Waals surface area contributed by atoms with E-state index in [0.717, 1.165) is 22.4 Å². The first-order valence-electron chi connectivity index (χ1n) is 10.0. The van der Waals surface area contributed by atoms with Crippen LogP contribution in [0.2, 0.25) is 5.02 Å². The number of ether oxygens (including phenoxy) is 1. The second kappa shape index (κ2) is 8.43. The average Bonchev–Trinajstić information content (AvgIpc) is 3.24. The summed E-state index contributed by atoms with van der Waals surface area (Å²) in [7, 11) is 1.55. The zero-order valence-electron chi connectivity index (χ0n) is 17.5. The lowest BCUT2D eigenvalue weighted by molar-refractivity contribution is -0.123. The van der Waals surface area contributed by atoms with E-state index in [1.165, 1.54) is 0 Å². The van der Waals surface area contributed by atoms with Crippen LogP contribution in [0.3, 0.4) is 0 Å². The van der Waals surface area contributed by atoms with Gasteiger partial charge in [-0.1, -0.05) is 36.7 Å². The summed E-state index contributed by atoms with van der Waals surface area (Å²) in [6, 6.07) is 12.2. The Hall–Kier alpha value is -3.32. The fraction of sp³-hybridized carbons (Fsp3) is 0.261. The van der Waals surface area contributed by atoms with Crippen molar-refractivity contribution in [1.29, 1.82) is 0 Å². The molecular weight excluding hydrogens is 416 g/mol. The fourth-order valence-corrected chi connectivity index (χ4v) is 3.91. The summed E-state index contributed by atoms with van der Waals surface area (Å²) in [5.74, 6) is 0.619. The van der Waals surface area contributed by atoms with E-state index in [2.05, 4.69) is 15.7 Å². The summed E-state index contributed by atoms with van der Waals surface area (Å²) in [6.45, 7) is 3.94. The summed E-state index contributed by atoms with van der Waals surface area (Å²) in [5, 5.41) is 11.0. The lowest BCUT2D eigenvalue weighted by atomic mass is 10.0. The Kier molecular flexibility index (Phi) is 5.69. The van der Waals surface area contributed by atoms with E-state index in [1.54, 1.807) is 30.0 Å². The fourth-order valence-electron chi connectivity index (χ4n) is 3.78. The Bertz CT molecular complexity index is 1150. The highest BCUT2D eigenvalue weighted by Crippen LogP contribution is 2.39. The number of halogens is 1. The number of fused-ring (bicyclic) bond motifs is 1. The van der Waals surface area contributed by atoms with Gasteiger partial charge in [-0.15, -0.1) is 0 Å². The third-order valence-electron chi connectivity index (χ3n) is 5.30. The van der Waals surface area contributed by atoms with Crippen molar-refractivity contribution in [1.82, 2.24) is 9.78 Å². The van der Waals surface area contributed by atoms with Crippen LogP contribution < -0.4 is 15.4 Å². The van der Waals surface area contributed by atoms with E-state index in [4.69, 9.17) is 16.3 Å². The first-order chi connectivity index (χ1) is 14.9. The molecule has 1 unspecified atom stereocenters. The van der Waals surface area contributed by atoms with Crippen molar-refractivity contribution in [3.05, 3.63) is 58.7 Å². The van der Waals surface area contributed by atoms with Crippen LogP contribution in [0, 0.1) is 6.92 Å². The molecule has 160 valence electrons. The van der Waals surface area contributed by atoms with Crippen LogP contribution in [0.1, 0.15) is 30.6 Å². The SMILES string of the molecule is CCc1nn2c(c1-c1ccc(Cl)cc1)NC(=O)C2CC(=O)Nc1cc(C)ccc1OC. The van der Waals surface area contributed by atoms with Gasteiger partial charge in [0, 0.05) is 10.6 Å². The van der Waals surface area contributed by atoms with Gasteiger partial charge in [-0.2, -0.15) is 5.10 Å². The minimum absolute atomic E-state index is 0.0409. The monoisotopic (exact) mass is 438 g/mol. The Morgan fingerprint density at radius 3 is 2.68 bits per heavy atom. The number of aryl methyl sites for hydroxylation is 2. The van der Waals surface area contributed by atoms with E-state index in [9.17, 15) is 9.59 Å². The van der Waals surface area contributed by atoms with Gasteiger partial charge in [0.05, 0.1) is 24.9 Å². The Morgan fingerprint density at radius 2 is 2.00 bits per heavy atom. The highest BCUT2D eigenvalue weighted by molar-refractivity contribution is 6.30. The molecule has 0 saturated heterocycles. The van der Waals surface area contributed by atoms with Gasteiger partial charge in [-0.05, 0) is 48.7 Å². The molecule has 0 fully saturated rings. The van der Waals surface area contributed by atoms with Crippen molar-refractivity contribution < 1.29 is 14.3 Å². The minimum Gasteiger partial charge on any atom is -0.495 e. The van der Waals surface area contributed by atoms with Crippen LogP contribution in [0.4, 0.5) is 11.5 Å². The molecule has 1 aliphatic heterocycles. The van der Waals surface area contributed by atoms with Crippen molar-refractivity contribution in [3.63, 3.8) is 0 Å². The summed E-state index contributed by atoms with van der Waals surface area (Å²) in [6.07, 6.45) is 0.647. The molecule has 31 heavy (non-hydrogen) atoms. The smallest absolute Gasteiger partial charge is 0.251 e. The number of carbonyl (C=O) groups excluding carboxylic acids is 2. The van der Waals surface area contributed by atoms with Crippen molar-refractivity contribution in [2.24, 2.45) is 0 Å². The molecule has 3 aromatic rings. The summed E-state index contributed by atoms with van der Waals surface area (Å²) < 4.78 is 6.94. The van der Waals surface area contributed by atoms with Gasteiger partial charge in [0.25, 0.3) is 5.91 Å². The van der Waals surface area contributed by atoms with Gasteiger partial charge < -0.3 is 15.4 Å². The number of hydrogen-bond acceptors (Lipinski definition) is 4. The minimum atomic E-state index is -0.725. The Labute approximate surface area is 185 Å². The van der Waals surface area contributed by atoms with E-state index in [0.29, 0.717) is 28.7 Å². The van der Waals surface area contributed by atoms with E-state index < -0.39 is 6.04 Å². The van der Waals surface area contributed by atoms with Crippen molar-refractivity contribution >= 4 is 34.9 Å². The molecule has 7 nitrogen and oxygen atoms in total. The third-order valence-corrected chi connectivity index (χ3v) is 5.55. The molecule has 1 atom stereocenters. The number of anilines is 2. The number of aromatic nitrogens is 2. The lowest BCUT2D eigenvalue weighted by Gasteiger charge is -2.13. The molecule has 0 radical (unpaired) electrons. The topological polar surface area (TPSA) is 85.2 Å². The first kappa shape index (κ1) is 20.9. The lowest BCUT2D eigenvalue weighted by Crippen LogP contribution is -2.24. The number of rotatable bonds is 6. The van der Waals surface area contributed by atoms with Gasteiger partial charge >= 0.3 is 0 Å². The van der Waals surface area contributed by atoms with E-state index in [1.807, 2.05) is 38.1 Å². The average molecular weight is 439 g/mol. The van der Waals surface area contributed by atoms with Crippen LogP contribution >= 0.6 is 11.6 Å². The quantitative estimate of drug-likeness (QED) is 0.588. The maximum absolute atomic E-state index is 12.8. The van der Waals surface area contributed by atoms with Crippen LogP contribution in [-0.4, -0.2) is 28.7 Å². The Morgan fingerprint density at radius 1 is 1.26 bits per heavy atom. The molecule has 2 heterocycles. The predicted molar refractivity (Wildman–Crippen MR) is 121 cm³/mol. The molecule has 1 aromatic heterocycles. The molecular formula is C23H23ClN4O3. The molecule has 0 aliphatic carbocycles. The molecule has 0 bridgehead atoms. The standard InChI is InChI=1S/C23H23ClN4O3/c1-4-16-21(14-6-8-15(24)9-7-14)22-26-23(30)18(28(22)27-16)12-20(29)25-17-11-13(2)5-10-19(17)31-3/h5-11,18H,4,12H2,1-3H3,(H,25,29)(H,26,30). The van der Waals surface area contributed by atoms with Crippen molar-refractivity contribution in [2.45, 2.75) is 32.7 Å². The van der Waals surface area contributed by atoms with Crippen LogP contribution in [-0.2, 0) is 16.0 Å². The van der Waals surface area contributed by atoms with Crippen LogP contribution in [0.25, 0.3) is 11.1 Å².